The molecule has 0 saturated carbocycles. The number of aromatic nitrogens is 2. The normalized spacial score (nSPS) is 11.3. The van der Waals surface area contributed by atoms with Gasteiger partial charge < -0.3 is 39.1 Å². The summed E-state index contributed by atoms with van der Waals surface area (Å²) in [6.45, 7) is 10.1. The van der Waals surface area contributed by atoms with Gasteiger partial charge in [-0.15, -0.1) is 5.10 Å². The summed E-state index contributed by atoms with van der Waals surface area (Å²) in [4.78, 5) is 11.7. The number of amides is 1. The molecule has 1 heterocycles. The van der Waals surface area contributed by atoms with Crippen LogP contribution >= 0.6 is 11.6 Å². The van der Waals surface area contributed by atoms with Crippen LogP contribution in [0.15, 0.2) is 54.6 Å². The monoisotopic (exact) mass is 666 g/mol. The number of hydrogen-bond donors (Lipinski definition) is 2. The zero-order valence-corrected chi connectivity index (χ0v) is 28.5. The molecule has 0 radical (unpaired) electrons. The van der Waals surface area contributed by atoms with Gasteiger partial charge >= 0.3 is 6.09 Å². The van der Waals surface area contributed by atoms with Crippen LogP contribution in [0.3, 0.4) is 0 Å². The molecule has 47 heavy (non-hydrogen) atoms. The summed E-state index contributed by atoms with van der Waals surface area (Å²) in [7, 11) is 3.26. The molecule has 1 aromatic heterocycles. The van der Waals surface area contributed by atoms with Gasteiger partial charge in [-0.3, -0.25) is 0 Å². The molecule has 4 rings (SSSR count). The third-order valence-corrected chi connectivity index (χ3v) is 7.16. The Balaban J connectivity index is 1.33. The molecule has 4 aromatic rings. The maximum atomic E-state index is 11.7. The van der Waals surface area contributed by atoms with Gasteiger partial charge in [0.2, 0.25) is 0 Å². The SMILES string of the molecule is COc1ccc(CNc2nnc(C)c3cc(-c4cc(Cl)ccc4OCCOCCOCCNC(=O)OC(C)(C)C)ccc23)c(OC)c1. The molecule has 2 N–H and O–H groups in total. The summed E-state index contributed by atoms with van der Waals surface area (Å²) in [6.07, 6.45) is -0.465. The highest BCUT2D eigenvalue weighted by Gasteiger charge is 2.16. The van der Waals surface area contributed by atoms with Crippen molar-refractivity contribution in [3.05, 3.63) is 70.9 Å². The van der Waals surface area contributed by atoms with Crippen molar-refractivity contribution >= 4 is 34.3 Å². The van der Waals surface area contributed by atoms with E-state index in [1.54, 1.807) is 20.3 Å². The first-order chi connectivity index (χ1) is 22.6. The molecule has 1 amide bonds. The number of nitrogens with one attached hydrogen (secondary N) is 2. The molecule has 0 fully saturated rings. The summed E-state index contributed by atoms with van der Waals surface area (Å²) in [5.41, 5.74) is 3.02. The minimum atomic E-state index is -0.534. The van der Waals surface area contributed by atoms with Gasteiger partial charge in [-0.25, -0.2) is 4.79 Å². The number of benzene rings is 3. The van der Waals surface area contributed by atoms with Gasteiger partial charge in [-0.2, -0.15) is 5.10 Å². The van der Waals surface area contributed by atoms with Crippen molar-refractivity contribution in [1.82, 2.24) is 15.5 Å². The topological polar surface area (TPSA) is 122 Å². The number of ether oxygens (including phenoxy) is 6. The molecule has 0 aliphatic carbocycles. The lowest BCUT2D eigenvalue weighted by molar-refractivity contribution is 0.0328. The Kier molecular flexibility index (Phi) is 12.9. The lowest BCUT2D eigenvalue weighted by atomic mass is 10.00. The number of carbonyl (C=O) groups is 1. The first-order valence-electron chi connectivity index (χ1n) is 15.3. The van der Waals surface area contributed by atoms with Crippen molar-refractivity contribution in [1.29, 1.82) is 0 Å². The highest BCUT2D eigenvalue weighted by Crippen LogP contribution is 2.36. The maximum absolute atomic E-state index is 11.7. The van der Waals surface area contributed by atoms with Crippen molar-refractivity contribution in [2.24, 2.45) is 0 Å². The summed E-state index contributed by atoms with van der Waals surface area (Å²) < 4.78 is 33.3. The number of carbonyl (C=O) groups excluding carboxylic acids is 1. The van der Waals surface area contributed by atoms with E-state index in [2.05, 4.69) is 26.9 Å². The zero-order chi connectivity index (χ0) is 33.8. The van der Waals surface area contributed by atoms with Crippen molar-refractivity contribution in [2.75, 3.05) is 59.1 Å². The van der Waals surface area contributed by atoms with E-state index in [0.29, 0.717) is 62.7 Å². The van der Waals surface area contributed by atoms with E-state index in [1.165, 1.54) is 0 Å². The third kappa shape index (κ3) is 10.6. The van der Waals surface area contributed by atoms with Crippen LogP contribution in [0.25, 0.3) is 21.9 Å². The lowest BCUT2D eigenvalue weighted by Crippen LogP contribution is -2.34. The number of alkyl carbamates (subject to hydrolysis) is 1. The van der Waals surface area contributed by atoms with Gasteiger partial charge in [0.15, 0.2) is 5.82 Å². The van der Waals surface area contributed by atoms with Gasteiger partial charge in [0.1, 0.15) is 29.5 Å². The van der Waals surface area contributed by atoms with Gasteiger partial charge in [-0.05, 0) is 75.7 Å². The van der Waals surface area contributed by atoms with Gasteiger partial charge in [0, 0.05) is 46.1 Å². The molecule has 0 spiro atoms. The first-order valence-corrected chi connectivity index (χ1v) is 15.7. The Hall–Kier alpha value is -4.32. The number of methoxy groups -OCH3 is 2. The van der Waals surface area contributed by atoms with Crippen LogP contribution in [0.5, 0.6) is 17.2 Å². The second-order valence-corrected chi connectivity index (χ2v) is 12.0. The molecule has 0 atom stereocenters. The fourth-order valence-electron chi connectivity index (χ4n) is 4.68. The van der Waals surface area contributed by atoms with Crippen molar-refractivity contribution in [3.63, 3.8) is 0 Å². The quantitative estimate of drug-likeness (QED) is 0.123. The van der Waals surface area contributed by atoms with E-state index in [1.807, 2.05) is 70.2 Å². The molecule has 0 aliphatic rings. The number of rotatable bonds is 16. The largest absolute Gasteiger partial charge is 0.497 e. The van der Waals surface area contributed by atoms with Gasteiger partial charge in [-0.1, -0.05) is 17.7 Å². The smallest absolute Gasteiger partial charge is 0.407 e. The van der Waals surface area contributed by atoms with Crippen molar-refractivity contribution in [3.8, 4) is 28.4 Å². The highest BCUT2D eigenvalue weighted by atomic mass is 35.5. The van der Waals surface area contributed by atoms with E-state index in [-0.39, 0.29) is 0 Å². The predicted octanol–water partition coefficient (Wildman–Crippen LogP) is 6.82. The zero-order valence-electron chi connectivity index (χ0n) is 27.8. The molecular formula is C35H43ClN4O7. The fraction of sp³-hybridized carbons (Fsp3) is 0.400. The Bertz CT molecular complexity index is 1640. The Morgan fingerprint density at radius 1 is 0.830 bits per heavy atom. The van der Waals surface area contributed by atoms with Crippen LogP contribution in [-0.2, 0) is 20.8 Å². The molecule has 3 aromatic carbocycles. The summed E-state index contributed by atoms with van der Waals surface area (Å²) >= 11 is 6.41. The van der Waals surface area contributed by atoms with E-state index in [0.717, 1.165) is 44.7 Å². The van der Waals surface area contributed by atoms with Crippen LogP contribution in [-0.4, -0.2) is 75.7 Å². The van der Waals surface area contributed by atoms with Crippen LogP contribution < -0.4 is 24.8 Å². The van der Waals surface area contributed by atoms with Gasteiger partial charge in [0.25, 0.3) is 0 Å². The van der Waals surface area contributed by atoms with Crippen LogP contribution in [0.2, 0.25) is 5.02 Å². The molecular weight excluding hydrogens is 624 g/mol. The fourth-order valence-corrected chi connectivity index (χ4v) is 4.86. The average Bonchev–Trinajstić information content (AvgIpc) is 3.04. The van der Waals surface area contributed by atoms with E-state index in [4.69, 9.17) is 40.0 Å². The third-order valence-electron chi connectivity index (χ3n) is 6.93. The Morgan fingerprint density at radius 2 is 1.60 bits per heavy atom. The summed E-state index contributed by atoms with van der Waals surface area (Å²) in [5, 5.41) is 17.4. The van der Waals surface area contributed by atoms with Gasteiger partial charge in [0.05, 0.1) is 46.3 Å². The molecule has 11 nitrogen and oxygen atoms in total. The molecule has 0 aliphatic heterocycles. The van der Waals surface area contributed by atoms with Crippen molar-refractivity contribution < 1.29 is 33.2 Å². The van der Waals surface area contributed by atoms with Crippen LogP contribution in [0.1, 0.15) is 32.0 Å². The number of nitrogens with zero attached hydrogens (tertiary/aromatic N) is 2. The first kappa shape index (κ1) is 35.5. The molecule has 252 valence electrons. The second-order valence-electron chi connectivity index (χ2n) is 11.6. The summed E-state index contributed by atoms with van der Waals surface area (Å²) in [6, 6.07) is 17.4. The molecule has 0 saturated heterocycles. The molecule has 12 heteroatoms. The lowest BCUT2D eigenvalue weighted by Gasteiger charge is -2.19. The average molecular weight is 667 g/mol. The number of halogens is 1. The number of fused-ring (bicyclic) bond motifs is 1. The predicted molar refractivity (Wildman–Crippen MR) is 183 cm³/mol. The minimum Gasteiger partial charge on any atom is -0.497 e. The second kappa shape index (κ2) is 17.0. The highest BCUT2D eigenvalue weighted by molar-refractivity contribution is 6.31. The van der Waals surface area contributed by atoms with Crippen LogP contribution in [0, 0.1) is 6.92 Å². The van der Waals surface area contributed by atoms with Crippen LogP contribution in [0.4, 0.5) is 10.6 Å². The number of hydrogen-bond acceptors (Lipinski definition) is 10. The van der Waals surface area contributed by atoms with E-state index >= 15 is 0 Å². The molecule has 0 unspecified atom stereocenters. The summed E-state index contributed by atoms with van der Waals surface area (Å²) in [5.74, 6) is 2.80. The van der Waals surface area contributed by atoms with E-state index < -0.39 is 11.7 Å². The standard InChI is InChI=1S/C35H43ClN4O7/c1-23-29-19-24(8-11-28(29)33(40-39-23)38-22-25-7-10-27(42-5)21-32(25)43-6)30-20-26(36)9-12-31(30)46-18-17-45-16-15-44-14-13-37-34(41)47-35(2,3)4/h7-12,19-21H,13-18,22H2,1-6H3,(H,37,41)(H,38,40). The van der Waals surface area contributed by atoms with E-state index in [9.17, 15) is 4.79 Å². The number of anilines is 1. The molecule has 0 bridgehead atoms. The number of aryl methyl sites for hydroxylation is 1. The minimum absolute atomic E-state index is 0.343. The maximum Gasteiger partial charge on any atom is 0.407 e. The Morgan fingerprint density at radius 3 is 2.34 bits per heavy atom. The van der Waals surface area contributed by atoms with Crippen molar-refractivity contribution in [2.45, 2.75) is 39.8 Å². The Labute approximate surface area is 280 Å².